The molecule has 1 fully saturated rings. The number of rotatable bonds is 6. The van der Waals surface area contributed by atoms with Crippen LogP contribution in [0.1, 0.15) is 32.1 Å². The molecule has 1 aliphatic carbocycles. The predicted octanol–water partition coefficient (Wildman–Crippen LogP) is 2.43. The fourth-order valence-corrected chi connectivity index (χ4v) is 4.09. The zero-order valence-corrected chi connectivity index (χ0v) is 13.4. The Bertz CT molecular complexity index is 596. The summed E-state index contributed by atoms with van der Waals surface area (Å²) in [7, 11) is -3.39. The number of thiocarbonyl (C=S) groups is 1. The standard InChI is InChI=1S/C14H20N2O3S2/c15-14(20)10-19-13-9-5-4-8-12(13)16-21(17,18)11-6-2-1-3-7-11/h4-5,8-9,11,16H,1-3,6-7,10H2,(H2,15,20). The van der Waals surface area contributed by atoms with Gasteiger partial charge in [0, 0.05) is 0 Å². The Morgan fingerprint density at radius 1 is 1.29 bits per heavy atom. The van der Waals surface area contributed by atoms with E-state index in [0.717, 1.165) is 19.3 Å². The lowest BCUT2D eigenvalue weighted by Crippen LogP contribution is -2.30. The second kappa shape index (κ2) is 7.09. The van der Waals surface area contributed by atoms with Crippen molar-refractivity contribution in [3.63, 3.8) is 0 Å². The quantitative estimate of drug-likeness (QED) is 0.784. The van der Waals surface area contributed by atoms with Crippen LogP contribution in [0.15, 0.2) is 24.3 Å². The number of nitrogens with one attached hydrogen (secondary N) is 1. The van der Waals surface area contributed by atoms with Gasteiger partial charge in [-0.2, -0.15) is 0 Å². The van der Waals surface area contributed by atoms with Crippen LogP contribution in [0.3, 0.4) is 0 Å². The van der Waals surface area contributed by atoms with Crippen molar-refractivity contribution in [3.8, 4) is 5.75 Å². The summed E-state index contributed by atoms with van der Waals surface area (Å²) in [5.74, 6) is 0.435. The summed E-state index contributed by atoms with van der Waals surface area (Å²) in [6.07, 6.45) is 4.46. The number of hydrogen-bond donors (Lipinski definition) is 2. The van der Waals surface area contributed by atoms with E-state index in [1.165, 1.54) is 0 Å². The molecular weight excluding hydrogens is 308 g/mol. The van der Waals surface area contributed by atoms with Gasteiger partial charge < -0.3 is 10.5 Å². The summed E-state index contributed by atoms with van der Waals surface area (Å²) in [6, 6.07) is 6.89. The largest absolute Gasteiger partial charge is 0.484 e. The topological polar surface area (TPSA) is 81.4 Å². The molecule has 0 amide bonds. The van der Waals surface area contributed by atoms with Crippen molar-refractivity contribution in [2.45, 2.75) is 37.4 Å². The van der Waals surface area contributed by atoms with E-state index in [-0.39, 0.29) is 16.8 Å². The molecule has 21 heavy (non-hydrogen) atoms. The van der Waals surface area contributed by atoms with Crippen LogP contribution in [-0.4, -0.2) is 25.3 Å². The Morgan fingerprint density at radius 3 is 2.62 bits per heavy atom. The maximum absolute atomic E-state index is 12.4. The van der Waals surface area contributed by atoms with E-state index in [1.54, 1.807) is 24.3 Å². The first kappa shape index (κ1) is 16.0. The monoisotopic (exact) mass is 328 g/mol. The van der Waals surface area contributed by atoms with Crippen LogP contribution < -0.4 is 15.2 Å². The highest BCUT2D eigenvalue weighted by molar-refractivity contribution is 7.93. The molecule has 0 aliphatic heterocycles. The first-order valence-corrected chi connectivity index (χ1v) is 8.96. The Morgan fingerprint density at radius 2 is 1.95 bits per heavy atom. The molecule has 0 unspecified atom stereocenters. The number of ether oxygens (including phenoxy) is 1. The third-order valence-electron chi connectivity index (χ3n) is 3.50. The number of benzene rings is 1. The lowest BCUT2D eigenvalue weighted by atomic mass is 10.0. The van der Waals surface area contributed by atoms with Crippen molar-refractivity contribution in [1.82, 2.24) is 0 Å². The van der Waals surface area contributed by atoms with Gasteiger partial charge >= 0.3 is 0 Å². The van der Waals surface area contributed by atoms with Crippen LogP contribution >= 0.6 is 12.2 Å². The third kappa shape index (κ3) is 4.57. The van der Waals surface area contributed by atoms with Gasteiger partial charge in [-0.25, -0.2) is 8.42 Å². The minimum atomic E-state index is -3.39. The van der Waals surface area contributed by atoms with Crippen molar-refractivity contribution in [2.75, 3.05) is 11.3 Å². The molecule has 0 aromatic heterocycles. The summed E-state index contributed by atoms with van der Waals surface area (Å²) in [4.78, 5) is 0.222. The number of hydrogen-bond acceptors (Lipinski definition) is 4. The lowest BCUT2D eigenvalue weighted by Gasteiger charge is -2.23. The highest BCUT2D eigenvalue weighted by Gasteiger charge is 2.27. The molecule has 116 valence electrons. The highest BCUT2D eigenvalue weighted by atomic mass is 32.2. The predicted molar refractivity (Wildman–Crippen MR) is 88.1 cm³/mol. The molecule has 3 N–H and O–H groups in total. The molecule has 2 rings (SSSR count). The SMILES string of the molecule is NC(=S)COc1ccccc1NS(=O)(=O)C1CCCCC1. The van der Waals surface area contributed by atoms with E-state index in [1.807, 2.05) is 0 Å². The lowest BCUT2D eigenvalue weighted by molar-refractivity contribution is 0.379. The van der Waals surface area contributed by atoms with Gasteiger partial charge in [-0.15, -0.1) is 0 Å². The molecule has 0 saturated heterocycles. The molecule has 1 saturated carbocycles. The van der Waals surface area contributed by atoms with Crippen LogP contribution in [-0.2, 0) is 10.0 Å². The molecule has 7 heteroatoms. The van der Waals surface area contributed by atoms with Gasteiger partial charge in [0.05, 0.1) is 10.9 Å². The summed E-state index contributed by atoms with van der Waals surface area (Å²) in [5, 5.41) is -0.324. The molecule has 5 nitrogen and oxygen atoms in total. The molecule has 0 heterocycles. The van der Waals surface area contributed by atoms with E-state index in [2.05, 4.69) is 4.72 Å². The van der Waals surface area contributed by atoms with Crippen molar-refractivity contribution >= 4 is 32.9 Å². The number of sulfonamides is 1. The van der Waals surface area contributed by atoms with Gasteiger partial charge in [-0.3, -0.25) is 4.72 Å². The van der Waals surface area contributed by atoms with Crippen LogP contribution in [0, 0.1) is 0 Å². The van der Waals surface area contributed by atoms with Crippen LogP contribution in [0.2, 0.25) is 0 Å². The molecule has 0 spiro atoms. The minimum absolute atomic E-state index is 0.0809. The Balaban J connectivity index is 2.12. The van der Waals surface area contributed by atoms with E-state index < -0.39 is 10.0 Å². The molecule has 0 atom stereocenters. The summed E-state index contributed by atoms with van der Waals surface area (Å²) >= 11 is 4.76. The summed E-state index contributed by atoms with van der Waals surface area (Å²) < 4.78 is 32.9. The van der Waals surface area contributed by atoms with Crippen LogP contribution in [0.5, 0.6) is 5.75 Å². The maximum Gasteiger partial charge on any atom is 0.235 e. The van der Waals surface area contributed by atoms with Gasteiger partial charge in [-0.05, 0) is 25.0 Å². The van der Waals surface area contributed by atoms with Crippen molar-refractivity contribution < 1.29 is 13.2 Å². The summed E-state index contributed by atoms with van der Waals surface area (Å²) in [6.45, 7) is 0.0809. The molecular formula is C14H20N2O3S2. The first-order valence-electron chi connectivity index (χ1n) is 7.01. The van der Waals surface area contributed by atoms with E-state index >= 15 is 0 Å². The molecule has 1 aliphatic rings. The average Bonchev–Trinajstić information content (AvgIpc) is 2.47. The van der Waals surface area contributed by atoms with Crippen molar-refractivity contribution in [1.29, 1.82) is 0 Å². The number of nitrogens with two attached hydrogens (primary N) is 1. The van der Waals surface area contributed by atoms with Gasteiger partial charge in [0.2, 0.25) is 10.0 Å². The second-order valence-electron chi connectivity index (χ2n) is 5.16. The van der Waals surface area contributed by atoms with Crippen LogP contribution in [0.4, 0.5) is 5.69 Å². The molecule has 0 bridgehead atoms. The van der Waals surface area contributed by atoms with Crippen LogP contribution in [0.25, 0.3) is 0 Å². The number of para-hydroxylation sites is 2. The maximum atomic E-state index is 12.4. The smallest absolute Gasteiger partial charge is 0.235 e. The Labute approximate surface area is 130 Å². The third-order valence-corrected chi connectivity index (χ3v) is 5.47. The van der Waals surface area contributed by atoms with E-state index in [0.29, 0.717) is 24.3 Å². The van der Waals surface area contributed by atoms with Crippen molar-refractivity contribution in [3.05, 3.63) is 24.3 Å². The normalized spacial score (nSPS) is 16.4. The fourth-order valence-electron chi connectivity index (χ4n) is 2.44. The zero-order valence-electron chi connectivity index (χ0n) is 11.7. The fraction of sp³-hybridized carbons (Fsp3) is 0.500. The average molecular weight is 328 g/mol. The van der Waals surface area contributed by atoms with E-state index in [9.17, 15) is 8.42 Å². The molecule has 0 radical (unpaired) electrons. The highest BCUT2D eigenvalue weighted by Crippen LogP contribution is 2.29. The van der Waals surface area contributed by atoms with Crippen molar-refractivity contribution in [2.24, 2.45) is 5.73 Å². The Hall–Kier alpha value is -1.34. The minimum Gasteiger partial charge on any atom is -0.484 e. The zero-order chi connectivity index (χ0) is 15.3. The van der Waals surface area contributed by atoms with Gasteiger partial charge in [0.1, 0.15) is 17.3 Å². The molecule has 1 aromatic rings. The van der Waals surface area contributed by atoms with Gasteiger partial charge in [-0.1, -0.05) is 43.6 Å². The Kier molecular flexibility index (Phi) is 5.41. The summed E-state index contributed by atoms with van der Waals surface area (Å²) in [5.41, 5.74) is 5.83. The van der Waals surface area contributed by atoms with Gasteiger partial charge in [0.15, 0.2) is 0 Å². The first-order chi connectivity index (χ1) is 9.99. The van der Waals surface area contributed by atoms with E-state index in [4.69, 9.17) is 22.7 Å². The van der Waals surface area contributed by atoms with Gasteiger partial charge in [0.25, 0.3) is 0 Å². The number of anilines is 1. The second-order valence-corrected chi connectivity index (χ2v) is 7.64. The molecule has 1 aromatic carbocycles.